The Kier molecular flexibility index (Phi) is 6.19. The van der Waals surface area contributed by atoms with Crippen LogP contribution in [0.15, 0.2) is 54.7 Å². The number of anilines is 2. The molecule has 2 N–H and O–H groups in total. The maximum atomic E-state index is 12.1. The molecule has 0 bridgehead atoms. The largest absolute Gasteiger partial charge is 0.494 e. The van der Waals surface area contributed by atoms with Gasteiger partial charge in [-0.3, -0.25) is 4.79 Å². The maximum absolute atomic E-state index is 12.1. The fourth-order valence-corrected chi connectivity index (χ4v) is 4.37. The Morgan fingerprint density at radius 1 is 1.11 bits per heavy atom. The van der Waals surface area contributed by atoms with Gasteiger partial charge in [0.05, 0.1) is 12.2 Å². The number of carbonyl (C=O) groups excluding carboxylic acids is 1. The van der Waals surface area contributed by atoms with Gasteiger partial charge in [-0.15, -0.1) is 0 Å². The van der Waals surface area contributed by atoms with Crippen molar-refractivity contribution in [1.82, 2.24) is 4.90 Å². The molecule has 0 aliphatic carbocycles. The molecule has 2 aromatic carbocycles. The van der Waals surface area contributed by atoms with E-state index in [0.717, 1.165) is 42.3 Å². The van der Waals surface area contributed by atoms with Gasteiger partial charge in [0.15, 0.2) is 0 Å². The first-order chi connectivity index (χ1) is 13.8. The molecule has 2 aliphatic heterocycles. The normalized spacial score (nSPS) is 18.0. The summed E-state index contributed by atoms with van der Waals surface area (Å²) in [5.41, 5.74) is 3.34. The molecule has 146 valence electrons. The van der Waals surface area contributed by atoms with E-state index >= 15 is 0 Å². The molecule has 0 aromatic heterocycles. The highest BCUT2D eigenvalue weighted by molar-refractivity contribution is 7.99. The minimum Gasteiger partial charge on any atom is -0.494 e. The standard InChI is InChI=1S/C22H25N3O2S/c26-22-20(19-4-1-2-5-21(19)24-22)16-23-17-6-8-18(9-7-17)27-13-3-10-25-11-14-28-15-12-25/h1-2,4-9,16,23H,3,10-15H2,(H,24,26). The first-order valence-corrected chi connectivity index (χ1v) is 10.9. The number of benzene rings is 2. The van der Waals surface area contributed by atoms with Crippen LogP contribution >= 0.6 is 11.8 Å². The van der Waals surface area contributed by atoms with Crippen molar-refractivity contribution in [3.8, 4) is 5.75 Å². The van der Waals surface area contributed by atoms with E-state index in [-0.39, 0.29) is 5.91 Å². The lowest BCUT2D eigenvalue weighted by atomic mass is 10.1. The van der Waals surface area contributed by atoms with E-state index in [1.807, 2.05) is 60.3 Å². The summed E-state index contributed by atoms with van der Waals surface area (Å²) >= 11 is 2.04. The highest BCUT2D eigenvalue weighted by Crippen LogP contribution is 2.31. The van der Waals surface area contributed by atoms with Gasteiger partial charge in [-0.2, -0.15) is 11.8 Å². The minimum absolute atomic E-state index is 0.0825. The van der Waals surface area contributed by atoms with E-state index in [0.29, 0.717) is 5.57 Å². The molecule has 4 rings (SSSR count). The van der Waals surface area contributed by atoms with Gasteiger partial charge in [-0.25, -0.2) is 0 Å². The maximum Gasteiger partial charge on any atom is 0.257 e. The predicted octanol–water partition coefficient (Wildman–Crippen LogP) is 3.91. The van der Waals surface area contributed by atoms with Crippen LogP contribution in [0, 0.1) is 0 Å². The fourth-order valence-electron chi connectivity index (χ4n) is 3.39. The van der Waals surface area contributed by atoms with Gasteiger partial charge in [0.2, 0.25) is 0 Å². The molecule has 2 heterocycles. The molecular weight excluding hydrogens is 370 g/mol. The van der Waals surface area contributed by atoms with Crippen molar-refractivity contribution in [3.63, 3.8) is 0 Å². The van der Waals surface area contributed by atoms with Crippen LogP contribution in [0.5, 0.6) is 5.75 Å². The zero-order valence-corrected chi connectivity index (χ0v) is 16.6. The number of hydrogen-bond acceptors (Lipinski definition) is 5. The molecule has 0 spiro atoms. The molecule has 1 saturated heterocycles. The van der Waals surface area contributed by atoms with Crippen molar-refractivity contribution in [2.75, 3.05) is 48.4 Å². The van der Waals surface area contributed by atoms with Crippen LogP contribution in [0.25, 0.3) is 5.57 Å². The summed E-state index contributed by atoms with van der Waals surface area (Å²) in [6.07, 6.45) is 2.80. The topological polar surface area (TPSA) is 53.6 Å². The number of hydrogen-bond donors (Lipinski definition) is 2. The number of carbonyl (C=O) groups is 1. The Labute approximate surface area is 170 Å². The lowest BCUT2D eigenvalue weighted by Gasteiger charge is -2.25. The van der Waals surface area contributed by atoms with Crippen LogP contribution < -0.4 is 15.4 Å². The van der Waals surface area contributed by atoms with E-state index in [2.05, 4.69) is 15.5 Å². The third-order valence-corrected chi connectivity index (χ3v) is 5.88. The lowest BCUT2D eigenvalue weighted by Crippen LogP contribution is -2.33. The van der Waals surface area contributed by atoms with E-state index in [4.69, 9.17) is 4.74 Å². The molecule has 1 fully saturated rings. The second-order valence-electron chi connectivity index (χ2n) is 6.88. The summed E-state index contributed by atoms with van der Waals surface area (Å²) in [7, 11) is 0. The van der Waals surface area contributed by atoms with Crippen molar-refractivity contribution in [2.45, 2.75) is 6.42 Å². The molecule has 0 saturated carbocycles. The van der Waals surface area contributed by atoms with Gasteiger partial charge in [-0.1, -0.05) is 18.2 Å². The van der Waals surface area contributed by atoms with E-state index < -0.39 is 0 Å². The minimum atomic E-state index is -0.0825. The van der Waals surface area contributed by atoms with Crippen LogP contribution in [0.4, 0.5) is 11.4 Å². The number of fused-ring (bicyclic) bond motifs is 1. The molecule has 28 heavy (non-hydrogen) atoms. The van der Waals surface area contributed by atoms with Crippen LogP contribution in [-0.2, 0) is 4.79 Å². The number of nitrogens with zero attached hydrogens (tertiary/aromatic N) is 1. The second-order valence-corrected chi connectivity index (χ2v) is 8.11. The third-order valence-electron chi connectivity index (χ3n) is 4.94. The van der Waals surface area contributed by atoms with Gasteiger partial charge in [-0.05, 0) is 36.8 Å². The molecule has 0 atom stereocenters. The van der Waals surface area contributed by atoms with Gasteiger partial charge in [0, 0.05) is 54.3 Å². The van der Waals surface area contributed by atoms with Crippen molar-refractivity contribution >= 4 is 34.6 Å². The summed E-state index contributed by atoms with van der Waals surface area (Å²) in [5, 5.41) is 6.08. The first-order valence-electron chi connectivity index (χ1n) is 9.70. The molecule has 5 nitrogen and oxygen atoms in total. The van der Waals surface area contributed by atoms with Crippen LogP contribution in [-0.4, -0.2) is 48.6 Å². The van der Waals surface area contributed by atoms with Gasteiger partial charge < -0.3 is 20.3 Å². The Balaban J connectivity index is 1.26. The quantitative estimate of drug-likeness (QED) is 0.550. The third kappa shape index (κ3) is 4.69. The molecular formula is C22H25N3O2S. The molecule has 1 amide bonds. The summed E-state index contributed by atoms with van der Waals surface area (Å²) in [5.74, 6) is 3.29. The Hall–Kier alpha value is -2.44. The molecule has 0 radical (unpaired) electrons. The predicted molar refractivity (Wildman–Crippen MR) is 117 cm³/mol. The van der Waals surface area contributed by atoms with Crippen molar-refractivity contribution in [2.24, 2.45) is 0 Å². The Morgan fingerprint density at radius 2 is 1.89 bits per heavy atom. The molecule has 2 aromatic rings. The van der Waals surface area contributed by atoms with Crippen molar-refractivity contribution < 1.29 is 9.53 Å². The summed E-state index contributed by atoms with van der Waals surface area (Å²) in [6.45, 7) is 4.24. The van der Waals surface area contributed by atoms with Gasteiger partial charge in [0.25, 0.3) is 5.91 Å². The summed E-state index contributed by atoms with van der Waals surface area (Å²) in [6, 6.07) is 15.6. The fraction of sp³-hybridized carbons (Fsp3) is 0.318. The van der Waals surface area contributed by atoms with E-state index in [1.165, 1.54) is 24.6 Å². The number of nitrogens with one attached hydrogen (secondary N) is 2. The van der Waals surface area contributed by atoms with E-state index in [1.54, 1.807) is 6.20 Å². The van der Waals surface area contributed by atoms with Crippen molar-refractivity contribution in [1.29, 1.82) is 0 Å². The number of rotatable bonds is 7. The zero-order chi connectivity index (χ0) is 19.2. The van der Waals surface area contributed by atoms with Crippen LogP contribution in [0.3, 0.4) is 0 Å². The average Bonchev–Trinajstić information content (AvgIpc) is 3.06. The Morgan fingerprint density at radius 3 is 2.71 bits per heavy atom. The van der Waals surface area contributed by atoms with E-state index in [9.17, 15) is 4.79 Å². The smallest absolute Gasteiger partial charge is 0.257 e. The van der Waals surface area contributed by atoms with Crippen molar-refractivity contribution in [3.05, 3.63) is 60.3 Å². The Bertz CT molecular complexity index is 845. The monoisotopic (exact) mass is 395 g/mol. The lowest BCUT2D eigenvalue weighted by molar-refractivity contribution is -0.110. The molecule has 0 unspecified atom stereocenters. The summed E-state index contributed by atoms with van der Waals surface area (Å²) in [4.78, 5) is 14.6. The number of ether oxygens (including phenoxy) is 1. The van der Waals surface area contributed by atoms with Gasteiger partial charge >= 0.3 is 0 Å². The van der Waals surface area contributed by atoms with Crippen LogP contribution in [0.2, 0.25) is 0 Å². The second kappa shape index (κ2) is 9.17. The average molecular weight is 396 g/mol. The molecule has 2 aliphatic rings. The SMILES string of the molecule is O=C1Nc2ccccc2C1=CNc1ccc(OCCCN2CCSCC2)cc1. The number of para-hydroxylation sites is 1. The summed E-state index contributed by atoms with van der Waals surface area (Å²) < 4.78 is 5.85. The first kappa shape index (κ1) is 18.9. The number of amides is 1. The van der Waals surface area contributed by atoms with Crippen LogP contribution in [0.1, 0.15) is 12.0 Å². The zero-order valence-electron chi connectivity index (χ0n) is 15.8. The highest BCUT2D eigenvalue weighted by Gasteiger charge is 2.23. The van der Waals surface area contributed by atoms with Gasteiger partial charge in [0.1, 0.15) is 5.75 Å². The number of thioether (sulfide) groups is 1. The molecule has 6 heteroatoms. The highest BCUT2D eigenvalue weighted by atomic mass is 32.2.